The van der Waals surface area contributed by atoms with E-state index in [9.17, 15) is 9.59 Å². The minimum Gasteiger partial charge on any atom is -0.323 e. The third-order valence-corrected chi connectivity index (χ3v) is 5.13. The van der Waals surface area contributed by atoms with Gasteiger partial charge in [0.2, 0.25) is 0 Å². The van der Waals surface area contributed by atoms with Gasteiger partial charge >= 0.3 is 6.03 Å². The number of amides is 3. The number of piperidine rings is 1. The highest BCUT2D eigenvalue weighted by molar-refractivity contribution is 6.06. The van der Waals surface area contributed by atoms with Crippen LogP contribution in [0.2, 0.25) is 0 Å². The second-order valence-electron chi connectivity index (χ2n) is 6.90. The molecular formula is C16H25N5O2. The molecule has 3 rings (SSSR count). The fourth-order valence-corrected chi connectivity index (χ4v) is 3.71. The molecule has 3 heterocycles. The summed E-state index contributed by atoms with van der Waals surface area (Å²) in [6.07, 6.45) is 2.00. The van der Waals surface area contributed by atoms with Gasteiger partial charge in [0, 0.05) is 24.7 Å². The molecule has 1 aromatic heterocycles. The van der Waals surface area contributed by atoms with Crippen LogP contribution in [0.4, 0.5) is 4.79 Å². The summed E-state index contributed by atoms with van der Waals surface area (Å²) in [7, 11) is 0. The summed E-state index contributed by atoms with van der Waals surface area (Å²) in [6.45, 7) is 9.51. The van der Waals surface area contributed by atoms with Gasteiger partial charge in [-0.3, -0.25) is 14.8 Å². The van der Waals surface area contributed by atoms with Crippen molar-refractivity contribution in [3.8, 4) is 0 Å². The van der Waals surface area contributed by atoms with Gasteiger partial charge < -0.3 is 10.2 Å². The molecule has 2 aliphatic rings. The minimum atomic E-state index is -0.784. The number of carbonyl (C=O) groups is 2. The van der Waals surface area contributed by atoms with Crippen LogP contribution >= 0.6 is 0 Å². The molecule has 0 spiro atoms. The molecular weight excluding hydrogens is 294 g/mol. The molecule has 7 heteroatoms. The van der Waals surface area contributed by atoms with Gasteiger partial charge in [0.15, 0.2) is 0 Å². The number of likely N-dealkylation sites (tertiary alicyclic amines) is 1. The van der Waals surface area contributed by atoms with Crippen LogP contribution in [0.1, 0.15) is 31.2 Å². The third-order valence-electron chi connectivity index (χ3n) is 5.13. The molecule has 0 aliphatic carbocycles. The van der Waals surface area contributed by atoms with Crippen molar-refractivity contribution in [3.63, 3.8) is 0 Å². The Labute approximate surface area is 136 Å². The maximum absolute atomic E-state index is 12.1. The van der Waals surface area contributed by atoms with Crippen molar-refractivity contribution in [2.24, 2.45) is 5.92 Å². The van der Waals surface area contributed by atoms with Gasteiger partial charge in [0.05, 0.1) is 12.2 Å². The first-order valence-corrected chi connectivity index (χ1v) is 8.25. The molecule has 2 fully saturated rings. The molecule has 0 saturated carbocycles. The summed E-state index contributed by atoms with van der Waals surface area (Å²) in [6, 6.07) is 1.70. The summed E-state index contributed by atoms with van der Waals surface area (Å²) in [5.41, 5.74) is 1.43. The van der Waals surface area contributed by atoms with Crippen LogP contribution in [0.3, 0.4) is 0 Å². The molecule has 1 aromatic rings. The quantitative estimate of drug-likeness (QED) is 0.805. The van der Waals surface area contributed by atoms with E-state index in [1.165, 1.54) is 5.69 Å². The fourth-order valence-electron chi connectivity index (χ4n) is 3.71. The second-order valence-corrected chi connectivity index (χ2v) is 6.90. The van der Waals surface area contributed by atoms with Crippen LogP contribution in [0.25, 0.3) is 0 Å². The van der Waals surface area contributed by atoms with Gasteiger partial charge in [-0.25, -0.2) is 4.79 Å². The minimum absolute atomic E-state index is 0.142. The number of aromatic nitrogens is 2. The summed E-state index contributed by atoms with van der Waals surface area (Å²) in [5, 5.41) is 9.67. The highest BCUT2D eigenvalue weighted by Gasteiger charge is 2.48. The van der Waals surface area contributed by atoms with Crippen molar-refractivity contribution in [2.75, 3.05) is 19.6 Å². The predicted molar refractivity (Wildman–Crippen MR) is 85.9 cm³/mol. The Balaban J connectivity index is 1.61. The van der Waals surface area contributed by atoms with E-state index < -0.39 is 5.54 Å². The van der Waals surface area contributed by atoms with Crippen molar-refractivity contribution in [1.82, 2.24) is 25.3 Å². The van der Waals surface area contributed by atoms with Crippen LogP contribution in [-0.4, -0.2) is 51.8 Å². The number of nitrogens with one attached hydrogen (secondary N) is 2. The number of carbonyl (C=O) groups excluding carboxylic acids is 2. The third kappa shape index (κ3) is 3.10. The number of rotatable bonds is 4. The first-order valence-electron chi connectivity index (χ1n) is 8.25. The number of urea groups is 1. The zero-order valence-corrected chi connectivity index (χ0v) is 14.1. The average molecular weight is 319 g/mol. The van der Waals surface area contributed by atoms with E-state index in [-0.39, 0.29) is 17.9 Å². The molecule has 23 heavy (non-hydrogen) atoms. The Morgan fingerprint density at radius 3 is 2.74 bits per heavy atom. The largest absolute Gasteiger partial charge is 0.323 e. The van der Waals surface area contributed by atoms with E-state index >= 15 is 0 Å². The lowest BCUT2D eigenvalue weighted by Gasteiger charge is -2.39. The topological polar surface area (TPSA) is 79.3 Å². The highest BCUT2D eigenvalue weighted by atomic mass is 16.2. The number of hydrogen-bond acceptors (Lipinski definition) is 4. The highest BCUT2D eigenvalue weighted by Crippen LogP contribution is 2.29. The van der Waals surface area contributed by atoms with Crippen molar-refractivity contribution in [1.29, 1.82) is 0 Å². The number of hydrogen-bond donors (Lipinski definition) is 2. The summed E-state index contributed by atoms with van der Waals surface area (Å²) in [5.74, 6) is -0.0592. The first-order chi connectivity index (χ1) is 10.9. The van der Waals surface area contributed by atoms with Gasteiger partial charge in [-0.15, -0.1) is 0 Å². The average Bonchev–Trinajstić information content (AvgIpc) is 2.96. The lowest BCUT2D eigenvalue weighted by atomic mass is 9.80. The Bertz CT molecular complexity index is 626. The Hall–Kier alpha value is -1.89. The maximum Gasteiger partial charge on any atom is 0.322 e. The van der Waals surface area contributed by atoms with Gasteiger partial charge in [0.25, 0.3) is 5.91 Å². The van der Waals surface area contributed by atoms with Crippen LogP contribution in [0.5, 0.6) is 0 Å². The molecule has 2 aliphatic heterocycles. The Morgan fingerprint density at radius 2 is 2.13 bits per heavy atom. The molecule has 2 N–H and O–H groups in total. The van der Waals surface area contributed by atoms with E-state index in [1.54, 1.807) is 0 Å². The molecule has 7 nitrogen and oxygen atoms in total. The van der Waals surface area contributed by atoms with Crippen molar-refractivity contribution in [2.45, 2.75) is 45.7 Å². The van der Waals surface area contributed by atoms with Gasteiger partial charge in [-0.1, -0.05) is 0 Å². The number of imide groups is 1. The van der Waals surface area contributed by atoms with Crippen molar-refractivity contribution >= 4 is 11.9 Å². The number of aryl methyl sites for hydroxylation is 2. The molecule has 0 radical (unpaired) electrons. The fraction of sp³-hybridized carbons (Fsp3) is 0.688. The van der Waals surface area contributed by atoms with E-state index in [4.69, 9.17) is 0 Å². The monoisotopic (exact) mass is 319 g/mol. The maximum atomic E-state index is 12.1. The van der Waals surface area contributed by atoms with E-state index in [0.29, 0.717) is 0 Å². The van der Waals surface area contributed by atoms with Crippen LogP contribution in [0, 0.1) is 19.8 Å². The zero-order chi connectivity index (χ0) is 16.6. The standard InChI is InChI=1S/C16H25N5O2/c1-11-9-12(2)21(19-11)8-7-20-6-4-5-13(10-20)16(3)14(22)17-15(23)18-16/h9,13H,4-8,10H2,1-3H3,(H2,17,18,22,23)/t13-,16-/m1/s1. The normalized spacial score (nSPS) is 28.7. The molecule has 0 unspecified atom stereocenters. The smallest absolute Gasteiger partial charge is 0.322 e. The van der Waals surface area contributed by atoms with E-state index in [1.807, 2.05) is 18.5 Å². The van der Waals surface area contributed by atoms with Crippen molar-refractivity contribution in [3.05, 3.63) is 17.5 Å². The van der Waals surface area contributed by atoms with Crippen molar-refractivity contribution < 1.29 is 9.59 Å². The van der Waals surface area contributed by atoms with Crippen LogP contribution < -0.4 is 10.6 Å². The first kappa shape index (κ1) is 16.0. The molecule has 0 aromatic carbocycles. The number of nitrogens with zero attached hydrogens (tertiary/aromatic N) is 3. The van der Waals surface area contributed by atoms with Gasteiger partial charge in [-0.2, -0.15) is 5.10 Å². The molecule has 2 saturated heterocycles. The van der Waals surface area contributed by atoms with E-state index in [0.717, 1.165) is 44.7 Å². The van der Waals surface area contributed by atoms with Gasteiger partial charge in [0.1, 0.15) is 5.54 Å². The zero-order valence-electron chi connectivity index (χ0n) is 14.1. The summed E-state index contributed by atoms with van der Waals surface area (Å²) >= 11 is 0. The summed E-state index contributed by atoms with van der Waals surface area (Å²) < 4.78 is 2.03. The summed E-state index contributed by atoms with van der Waals surface area (Å²) in [4.78, 5) is 26.0. The second kappa shape index (κ2) is 5.96. The molecule has 126 valence electrons. The molecule has 2 atom stereocenters. The SMILES string of the molecule is Cc1cc(C)n(CCN2CCC[C@@H]([C@@]3(C)NC(=O)NC3=O)C2)n1. The lowest BCUT2D eigenvalue weighted by Crippen LogP contribution is -2.56. The van der Waals surface area contributed by atoms with Crippen LogP contribution in [0.15, 0.2) is 6.07 Å². The Morgan fingerprint density at radius 1 is 1.35 bits per heavy atom. The predicted octanol–water partition coefficient (Wildman–Crippen LogP) is 0.810. The lowest BCUT2D eigenvalue weighted by molar-refractivity contribution is -0.126. The molecule has 3 amide bonds. The molecule has 0 bridgehead atoms. The van der Waals surface area contributed by atoms with E-state index in [2.05, 4.69) is 33.6 Å². The van der Waals surface area contributed by atoms with Crippen LogP contribution in [-0.2, 0) is 11.3 Å². The Kier molecular flexibility index (Phi) is 4.14. The van der Waals surface area contributed by atoms with Gasteiger partial charge in [-0.05, 0) is 46.2 Å².